The maximum absolute atomic E-state index is 12.2. The molecule has 140 valence electrons. The summed E-state index contributed by atoms with van der Waals surface area (Å²) in [5.74, 6) is 2.20. The summed E-state index contributed by atoms with van der Waals surface area (Å²) >= 11 is 1.44. The number of hydrogen-bond acceptors (Lipinski definition) is 6. The lowest BCUT2D eigenvalue weighted by Gasteiger charge is -2.21. The van der Waals surface area contributed by atoms with Crippen LogP contribution >= 0.6 is 23.7 Å². The Morgan fingerprint density at radius 2 is 2.08 bits per heavy atom. The second-order valence-corrected chi connectivity index (χ2v) is 7.24. The van der Waals surface area contributed by atoms with Crippen molar-refractivity contribution in [2.24, 2.45) is 5.92 Å². The molecule has 26 heavy (non-hydrogen) atoms. The van der Waals surface area contributed by atoms with Crippen LogP contribution < -0.4 is 20.1 Å². The molecule has 1 aromatic heterocycles. The number of benzene rings is 1. The highest BCUT2D eigenvalue weighted by atomic mass is 35.5. The predicted octanol–water partition coefficient (Wildman–Crippen LogP) is 3.68. The zero-order valence-corrected chi connectivity index (χ0v) is 16.0. The molecule has 1 aromatic carbocycles. The third kappa shape index (κ3) is 4.47. The van der Waals surface area contributed by atoms with Crippen molar-refractivity contribution >= 4 is 34.8 Å². The van der Waals surface area contributed by atoms with Gasteiger partial charge in [0, 0.05) is 17.4 Å². The summed E-state index contributed by atoms with van der Waals surface area (Å²) in [6.45, 7) is 2.39. The Labute approximate surface area is 162 Å². The number of ether oxygens (including phenoxy) is 2. The summed E-state index contributed by atoms with van der Waals surface area (Å²) in [7, 11) is 0. The number of carbonyl (C=O) groups is 1. The summed E-state index contributed by atoms with van der Waals surface area (Å²) in [5, 5.41) is 8.86. The standard InChI is InChI=1S/C18H21N3O3S.ClH/c22-17(4-1-12-5-7-19-8-6-12)21-18-20-14(10-25-18)13-2-3-15-16(9-13)24-11-23-15;/h2-3,9-10,12,19H,1,4-8,11H2,(H,20,21,22);1H. The van der Waals surface area contributed by atoms with Gasteiger partial charge in [-0.05, 0) is 56.5 Å². The molecule has 0 saturated carbocycles. The Bertz CT molecular complexity index is 762. The van der Waals surface area contributed by atoms with E-state index in [0.29, 0.717) is 17.5 Å². The number of fused-ring (bicyclic) bond motifs is 1. The molecule has 2 aliphatic heterocycles. The lowest BCUT2D eigenvalue weighted by Crippen LogP contribution is -2.28. The van der Waals surface area contributed by atoms with E-state index in [1.807, 2.05) is 23.6 Å². The number of halogens is 1. The van der Waals surface area contributed by atoms with Gasteiger partial charge in [0.25, 0.3) is 0 Å². The zero-order valence-electron chi connectivity index (χ0n) is 14.3. The number of aromatic nitrogens is 1. The molecule has 0 spiro atoms. The lowest BCUT2D eigenvalue weighted by atomic mass is 9.93. The van der Waals surface area contributed by atoms with E-state index in [9.17, 15) is 4.79 Å². The van der Waals surface area contributed by atoms with E-state index in [-0.39, 0.29) is 25.1 Å². The average molecular weight is 396 g/mol. The molecule has 6 nitrogen and oxygen atoms in total. The quantitative estimate of drug-likeness (QED) is 0.807. The minimum atomic E-state index is 0. The first-order valence-corrected chi connectivity index (χ1v) is 9.52. The molecular weight excluding hydrogens is 374 g/mol. The molecule has 8 heteroatoms. The minimum Gasteiger partial charge on any atom is -0.454 e. The second-order valence-electron chi connectivity index (χ2n) is 6.39. The van der Waals surface area contributed by atoms with Crippen LogP contribution in [0, 0.1) is 5.92 Å². The average Bonchev–Trinajstić information content (AvgIpc) is 3.29. The van der Waals surface area contributed by atoms with Crippen molar-refractivity contribution < 1.29 is 14.3 Å². The molecule has 4 rings (SSSR count). The van der Waals surface area contributed by atoms with E-state index in [2.05, 4.69) is 15.6 Å². The summed E-state index contributed by atoms with van der Waals surface area (Å²) in [6.07, 6.45) is 3.84. The van der Waals surface area contributed by atoms with Crippen LogP contribution in [-0.2, 0) is 4.79 Å². The number of piperidine rings is 1. The van der Waals surface area contributed by atoms with Crippen LogP contribution in [0.4, 0.5) is 5.13 Å². The van der Waals surface area contributed by atoms with Crippen molar-refractivity contribution in [3.8, 4) is 22.8 Å². The molecule has 2 aromatic rings. The fourth-order valence-corrected chi connectivity index (χ4v) is 3.94. The number of thiazole rings is 1. The normalized spacial score (nSPS) is 16.2. The van der Waals surface area contributed by atoms with E-state index in [1.165, 1.54) is 24.2 Å². The molecule has 0 aliphatic carbocycles. The first-order valence-electron chi connectivity index (χ1n) is 8.64. The molecule has 0 radical (unpaired) electrons. The van der Waals surface area contributed by atoms with Crippen LogP contribution in [0.15, 0.2) is 23.6 Å². The third-order valence-corrected chi connectivity index (χ3v) is 5.41. The first-order chi connectivity index (χ1) is 12.3. The zero-order chi connectivity index (χ0) is 17.1. The van der Waals surface area contributed by atoms with E-state index in [0.717, 1.165) is 42.3 Å². The molecule has 2 aliphatic rings. The van der Waals surface area contributed by atoms with Gasteiger partial charge in [-0.3, -0.25) is 4.79 Å². The molecule has 3 heterocycles. The molecule has 0 unspecified atom stereocenters. The largest absolute Gasteiger partial charge is 0.454 e. The topological polar surface area (TPSA) is 72.5 Å². The van der Waals surface area contributed by atoms with Crippen LogP contribution in [0.1, 0.15) is 25.7 Å². The fraction of sp³-hybridized carbons (Fsp3) is 0.444. The molecule has 1 amide bonds. The van der Waals surface area contributed by atoms with Gasteiger partial charge in [0.1, 0.15) is 0 Å². The van der Waals surface area contributed by atoms with Crippen molar-refractivity contribution in [1.29, 1.82) is 0 Å². The van der Waals surface area contributed by atoms with Crippen molar-refractivity contribution in [1.82, 2.24) is 10.3 Å². The van der Waals surface area contributed by atoms with Crippen LogP contribution in [0.2, 0.25) is 0 Å². The number of nitrogens with zero attached hydrogens (tertiary/aromatic N) is 1. The van der Waals surface area contributed by atoms with Gasteiger partial charge in [-0.2, -0.15) is 0 Å². The van der Waals surface area contributed by atoms with Gasteiger partial charge in [-0.25, -0.2) is 4.98 Å². The molecule has 1 saturated heterocycles. The maximum Gasteiger partial charge on any atom is 0.231 e. The summed E-state index contributed by atoms with van der Waals surface area (Å²) in [4.78, 5) is 16.7. The Hall–Kier alpha value is -1.83. The maximum atomic E-state index is 12.2. The van der Waals surface area contributed by atoms with Crippen LogP contribution in [0.25, 0.3) is 11.3 Å². The van der Waals surface area contributed by atoms with E-state index in [4.69, 9.17) is 9.47 Å². The fourth-order valence-electron chi connectivity index (χ4n) is 3.21. The Morgan fingerprint density at radius 3 is 2.92 bits per heavy atom. The number of anilines is 1. The Kier molecular flexibility index (Phi) is 6.34. The molecular formula is C18H22ClN3O3S. The van der Waals surface area contributed by atoms with Crippen molar-refractivity contribution in [2.75, 3.05) is 25.2 Å². The second kappa shape index (κ2) is 8.70. The van der Waals surface area contributed by atoms with Crippen LogP contribution in [0.5, 0.6) is 11.5 Å². The van der Waals surface area contributed by atoms with Crippen molar-refractivity contribution in [3.63, 3.8) is 0 Å². The van der Waals surface area contributed by atoms with Gasteiger partial charge in [-0.1, -0.05) is 0 Å². The summed E-state index contributed by atoms with van der Waals surface area (Å²) in [5.41, 5.74) is 1.78. The van der Waals surface area contributed by atoms with Crippen LogP contribution in [0.3, 0.4) is 0 Å². The third-order valence-electron chi connectivity index (χ3n) is 4.66. The van der Waals surface area contributed by atoms with Gasteiger partial charge >= 0.3 is 0 Å². The van der Waals surface area contributed by atoms with Crippen molar-refractivity contribution in [3.05, 3.63) is 23.6 Å². The summed E-state index contributed by atoms with van der Waals surface area (Å²) in [6, 6.07) is 5.75. The monoisotopic (exact) mass is 395 g/mol. The number of hydrogen-bond donors (Lipinski definition) is 2. The molecule has 2 N–H and O–H groups in total. The number of carbonyl (C=O) groups excluding carboxylic acids is 1. The highest BCUT2D eigenvalue weighted by Gasteiger charge is 2.17. The smallest absolute Gasteiger partial charge is 0.231 e. The van der Waals surface area contributed by atoms with Crippen LogP contribution in [-0.4, -0.2) is 30.8 Å². The SMILES string of the molecule is Cl.O=C(CCC1CCNCC1)Nc1nc(-c2ccc3c(c2)OCO3)cs1. The lowest BCUT2D eigenvalue weighted by molar-refractivity contribution is -0.116. The molecule has 1 fully saturated rings. The van der Waals surface area contributed by atoms with Gasteiger partial charge in [0.15, 0.2) is 16.6 Å². The van der Waals surface area contributed by atoms with Gasteiger partial charge in [0.2, 0.25) is 12.7 Å². The summed E-state index contributed by atoms with van der Waals surface area (Å²) < 4.78 is 10.7. The number of nitrogens with one attached hydrogen (secondary N) is 2. The molecule has 0 bridgehead atoms. The van der Waals surface area contributed by atoms with Gasteiger partial charge in [0.05, 0.1) is 5.69 Å². The molecule has 0 atom stereocenters. The minimum absolute atomic E-state index is 0. The van der Waals surface area contributed by atoms with E-state index >= 15 is 0 Å². The highest BCUT2D eigenvalue weighted by molar-refractivity contribution is 7.14. The van der Waals surface area contributed by atoms with E-state index < -0.39 is 0 Å². The number of amides is 1. The van der Waals surface area contributed by atoms with Gasteiger partial charge < -0.3 is 20.1 Å². The highest BCUT2D eigenvalue weighted by Crippen LogP contribution is 2.36. The van der Waals surface area contributed by atoms with Gasteiger partial charge in [-0.15, -0.1) is 23.7 Å². The first kappa shape index (κ1) is 18.9. The Balaban J connectivity index is 0.00000196. The number of rotatable bonds is 5. The van der Waals surface area contributed by atoms with E-state index in [1.54, 1.807) is 0 Å². The predicted molar refractivity (Wildman–Crippen MR) is 104 cm³/mol. The van der Waals surface area contributed by atoms with Crippen molar-refractivity contribution in [2.45, 2.75) is 25.7 Å². The Morgan fingerprint density at radius 1 is 1.27 bits per heavy atom.